The van der Waals surface area contributed by atoms with E-state index < -0.39 is 0 Å². The zero-order valence-corrected chi connectivity index (χ0v) is 15.5. The van der Waals surface area contributed by atoms with Crippen LogP contribution in [0.4, 0.5) is 0 Å². The molecule has 1 aliphatic rings. The standard InChI is InChI=1S/C17H16BrNO3.C2H6/c18-12-5-3-11(4-6-12)15-2-1-9-19(15)17(22)14-8-7-13(20)10-16(14)21;1-2/h3-8,10,15,20-21H,1-2,9H2;1-2H3. The molecule has 1 heterocycles. The van der Waals surface area contributed by atoms with Crippen LogP contribution in [-0.4, -0.2) is 27.6 Å². The lowest BCUT2D eigenvalue weighted by Gasteiger charge is -2.25. The van der Waals surface area contributed by atoms with Gasteiger partial charge in [0.05, 0.1) is 11.6 Å². The summed E-state index contributed by atoms with van der Waals surface area (Å²) in [5.74, 6) is -0.450. The lowest BCUT2D eigenvalue weighted by Crippen LogP contribution is -2.30. The van der Waals surface area contributed by atoms with E-state index in [1.807, 2.05) is 38.1 Å². The molecule has 0 saturated carbocycles. The second-order valence-corrected chi connectivity index (χ2v) is 6.33. The maximum Gasteiger partial charge on any atom is 0.258 e. The Bertz CT molecular complexity index is 700. The summed E-state index contributed by atoms with van der Waals surface area (Å²) in [5.41, 5.74) is 1.31. The summed E-state index contributed by atoms with van der Waals surface area (Å²) < 4.78 is 1.00. The topological polar surface area (TPSA) is 60.8 Å². The fourth-order valence-electron chi connectivity index (χ4n) is 2.90. The third-order valence-electron chi connectivity index (χ3n) is 3.98. The highest BCUT2D eigenvalue weighted by Gasteiger charge is 2.31. The van der Waals surface area contributed by atoms with Crippen LogP contribution in [0.5, 0.6) is 11.5 Å². The highest BCUT2D eigenvalue weighted by Crippen LogP contribution is 2.35. The van der Waals surface area contributed by atoms with Gasteiger partial charge >= 0.3 is 0 Å². The molecule has 2 aromatic rings. The highest BCUT2D eigenvalue weighted by molar-refractivity contribution is 9.10. The molecule has 0 aromatic heterocycles. The molecule has 4 nitrogen and oxygen atoms in total. The molecule has 1 unspecified atom stereocenters. The van der Waals surface area contributed by atoms with Crippen molar-refractivity contribution in [2.24, 2.45) is 0 Å². The van der Waals surface area contributed by atoms with Crippen molar-refractivity contribution in [1.82, 2.24) is 4.90 Å². The van der Waals surface area contributed by atoms with Crippen LogP contribution in [0.25, 0.3) is 0 Å². The van der Waals surface area contributed by atoms with Crippen molar-refractivity contribution in [1.29, 1.82) is 0 Å². The van der Waals surface area contributed by atoms with Gasteiger partial charge < -0.3 is 15.1 Å². The van der Waals surface area contributed by atoms with Crippen LogP contribution in [-0.2, 0) is 0 Å². The van der Waals surface area contributed by atoms with E-state index in [-0.39, 0.29) is 29.0 Å². The van der Waals surface area contributed by atoms with E-state index in [0.29, 0.717) is 6.54 Å². The minimum absolute atomic E-state index is 0.0220. The predicted molar refractivity (Wildman–Crippen MR) is 98.3 cm³/mol. The van der Waals surface area contributed by atoms with Gasteiger partial charge in [0, 0.05) is 17.1 Å². The van der Waals surface area contributed by atoms with Crippen LogP contribution in [0, 0.1) is 0 Å². The van der Waals surface area contributed by atoms with Crippen molar-refractivity contribution in [3.8, 4) is 11.5 Å². The van der Waals surface area contributed by atoms with Crippen molar-refractivity contribution in [2.45, 2.75) is 32.7 Å². The summed E-state index contributed by atoms with van der Waals surface area (Å²) >= 11 is 3.41. The molecular weight excluding hydrogens is 370 g/mol. The van der Waals surface area contributed by atoms with Crippen LogP contribution in [0.15, 0.2) is 46.9 Å². The molecule has 24 heavy (non-hydrogen) atoms. The quantitative estimate of drug-likeness (QED) is 0.767. The summed E-state index contributed by atoms with van der Waals surface area (Å²) in [6.45, 7) is 4.67. The summed E-state index contributed by atoms with van der Waals surface area (Å²) in [6.07, 6.45) is 1.84. The molecule has 1 atom stereocenters. The van der Waals surface area contributed by atoms with Crippen molar-refractivity contribution >= 4 is 21.8 Å². The number of carbonyl (C=O) groups is 1. The average molecular weight is 392 g/mol. The minimum atomic E-state index is -0.206. The van der Waals surface area contributed by atoms with Gasteiger partial charge in [-0.15, -0.1) is 0 Å². The Balaban J connectivity index is 0.00000100. The maximum absolute atomic E-state index is 12.7. The number of nitrogens with zero attached hydrogens (tertiary/aromatic N) is 1. The Kier molecular flexibility index (Phi) is 6.26. The first kappa shape index (κ1) is 18.3. The number of amides is 1. The first-order chi connectivity index (χ1) is 11.6. The minimum Gasteiger partial charge on any atom is -0.508 e. The van der Waals surface area contributed by atoms with Gasteiger partial charge in [-0.2, -0.15) is 0 Å². The van der Waals surface area contributed by atoms with Crippen molar-refractivity contribution in [2.75, 3.05) is 6.54 Å². The molecule has 0 spiro atoms. The fraction of sp³-hybridized carbons (Fsp3) is 0.316. The summed E-state index contributed by atoms with van der Waals surface area (Å²) in [6, 6.07) is 12.0. The Morgan fingerprint density at radius 3 is 2.42 bits per heavy atom. The lowest BCUT2D eigenvalue weighted by molar-refractivity contribution is 0.0732. The van der Waals surface area contributed by atoms with E-state index in [1.54, 1.807) is 4.90 Å². The van der Waals surface area contributed by atoms with E-state index in [0.717, 1.165) is 22.9 Å². The van der Waals surface area contributed by atoms with E-state index in [9.17, 15) is 15.0 Å². The fourth-order valence-corrected chi connectivity index (χ4v) is 3.16. The predicted octanol–water partition coefficient (Wildman–Crippen LogP) is 4.86. The first-order valence-corrected chi connectivity index (χ1v) is 8.94. The van der Waals surface area contributed by atoms with Crippen LogP contribution in [0.2, 0.25) is 0 Å². The van der Waals surface area contributed by atoms with Gasteiger partial charge in [0.25, 0.3) is 5.91 Å². The van der Waals surface area contributed by atoms with Crippen molar-refractivity contribution in [3.05, 3.63) is 58.1 Å². The van der Waals surface area contributed by atoms with Crippen molar-refractivity contribution in [3.63, 3.8) is 0 Å². The number of hydrogen-bond acceptors (Lipinski definition) is 3. The molecule has 1 amide bonds. The number of aromatic hydroxyl groups is 2. The normalized spacial score (nSPS) is 16.5. The summed E-state index contributed by atoms with van der Waals surface area (Å²) in [5, 5.41) is 19.3. The molecule has 0 radical (unpaired) electrons. The number of likely N-dealkylation sites (tertiary alicyclic amines) is 1. The smallest absolute Gasteiger partial charge is 0.258 e. The number of phenols is 2. The average Bonchev–Trinajstić information content (AvgIpc) is 3.06. The zero-order valence-electron chi connectivity index (χ0n) is 13.9. The lowest BCUT2D eigenvalue weighted by atomic mass is 10.0. The van der Waals surface area contributed by atoms with Gasteiger partial charge in [-0.1, -0.05) is 41.9 Å². The number of carbonyl (C=O) groups excluding carboxylic acids is 1. The molecule has 2 aromatic carbocycles. The molecule has 5 heteroatoms. The maximum atomic E-state index is 12.7. The Hall–Kier alpha value is -2.01. The van der Waals surface area contributed by atoms with Gasteiger partial charge in [0.1, 0.15) is 11.5 Å². The molecule has 1 saturated heterocycles. The highest BCUT2D eigenvalue weighted by atomic mass is 79.9. The van der Waals surface area contributed by atoms with Crippen LogP contribution in [0.3, 0.4) is 0 Å². The monoisotopic (exact) mass is 391 g/mol. The number of phenolic OH excluding ortho intramolecular Hbond substituents is 2. The number of halogens is 1. The van der Waals surface area contributed by atoms with Gasteiger partial charge in [-0.05, 0) is 42.7 Å². The van der Waals surface area contributed by atoms with Gasteiger partial charge in [0.15, 0.2) is 0 Å². The van der Waals surface area contributed by atoms with Crippen LogP contribution < -0.4 is 0 Å². The third kappa shape index (κ3) is 3.90. The molecule has 1 fully saturated rings. The molecule has 0 aliphatic carbocycles. The second kappa shape index (κ2) is 8.20. The van der Waals surface area contributed by atoms with E-state index in [2.05, 4.69) is 15.9 Å². The third-order valence-corrected chi connectivity index (χ3v) is 4.51. The van der Waals surface area contributed by atoms with Gasteiger partial charge in [-0.3, -0.25) is 4.79 Å². The SMILES string of the molecule is CC.O=C(c1ccc(O)cc1O)N1CCCC1c1ccc(Br)cc1. The molecule has 3 rings (SSSR count). The molecular formula is C19H22BrNO3. The Labute approximate surface area is 150 Å². The van der Waals surface area contributed by atoms with Crippen LogP contribution in [0.1, 0.15) is 48.7 Å². The molecule has 2 N–H and O–H groups in total. The number of benzene rings is 2. The van der Waals surface area contributed by atoms with Gasteiger partial charge in [-0.25, -0.2) is 0 Å². The molecule has 128 valence electrons. The van der Waals surface area contributed by atoms with Crippen molar-refractivity contribution < 1.29 is 15.0 Å². The van der Waals surface area contributed by atoms with E-state index in [1.165, 1.54) is 18.2 Å². The number of rotatable bonds is 2. The molecule has 0 bridgehead atoms. The van der Waals surface area contributed by atoms with Crippen LogP contribution >= 0.6 is 15.9 Å². The largest absolute Gasteiger partial charge is 0.508 e. The second-order valence-electron chi connectivity index (χ2n) is 5.41. The van der Waals surface area contributed by atoms with Gasteiger partial charge in [0.2, 0.25) is 0 Å². The number of hydrogen-bond donors (Lipinski definition) is 2. The van der Waals surface area contributed by atoms with E-state index in [4.69, 9.17) is 0 Å². The van der Waals surface area contributed by atoms with E-state index >= 15 is 0 Å². The first-order valence-electron chi connectivity index (χ1n) is 8.14. The Morgan fingerprint density at radius 2 is 1.79 bits per heavy atom. The summed E-state index contributed by atoms with van der Waals surface area (Å²) in [4.78, 5) is 14.5. The summed E-state index contributed by atoms with van der Waals surface area (Å²) in [7, 11) is 0. The molecule has 1 aliphatic heterocycles. The Morgan fingerprint density at radius 1 is 1.12 bits per heavy atom. The zero-order chi connectivity index (χ0) is 17.7.